The molecule has 3 nitrogen and oxygen atoms in total. The fourth-order valence-corrected chi connectivity index (χ4v) is 2.94. The Kier molecular flexibility index (Phi) is 3.09. The SMILES string of the molecule is Cc1ccc(C2NC(C)C(=O)N2CC2CC2)c(C)c1. The molecule has 2 aliphatic rings. The van der Waals surface area contributed by atoms with Crippen LogP contribution in [0.5, 0.6) is 0 Å². The summed E-state index contributed by atoms with van der Waals surface area (Å²) in [7, 11) is 0. The molecule has 1 N–H and O–H groups in total. The Morgan fingerprint density at radius 3 is 2.68 bits per heavy atom. The number of nitrogens with one attached hydrogen (secondary N) is 1. The summed E-state index contributed by atoms with van der Waals surface area (Å²) in [4.78, 5) is 14.3. The van der Waals surface area contributed by atoms with Gasteiger partial charge < -0.3 is 4.90 Å². The number of benzene rings is 1. The van der Waals surface area contributed by atoms with Crippen LogP contribution in [0.15, 0.2) is 18.2 Å². The Hall–Kier alpha value is -1.35. The minimum Gasteiger partial charge on any atom is -0.321 e. The first-order chi connectivity index (χ1) is 9.06. The van der Waals surface area contributed by atoms with E-state index in [0.717, 1.165) is 12.5 Å². The number of nitrogens with zero attached hydrogens (tertiary/aromatic N) is 1. The van der Waals surface area contributed by atoms with Gasteiger partial charge in [-0.2, -0.15) is 0 Å². The Bertz CT molecular complexity index is 507. The second-order valence-electron chi connectivity index (χ2n) is 6.08. The van der Waals surface area contributed by atoms with Crippen molar-refractivity contribution in [2.24, 2.45) is 5.92 Å². The average molecular weight is 258 g/mol. The molecular weight excluding hydrogens is 236 g/mol. The first-order valence-electron chi connectivity index (χ1n) is 7.20. The van der Waals surface area contributed by atoms with Gasteiger partial charge in [0.1, 0.15) is 6.17 Å². The van der Waals surface area contributed by atoms with Crippen LogP contribution in [0.25, 0.3) is 0 Å². The topological polar surface area (TPSA) is 32.3 Å². The monoisotopic (exact) mass is 258 g/mol. The first kappa shape index (κ1) is 12.7. The molecule has 1 amide bonds. The van der Waals surface area contributed by atoms with Gasteiger partial charge in [-0.3, -0.25) is 10.1 Å². The molecule has 3 rings (SSSR count). The van der Waals surface area contributed by atoms with E-state index in [-0.39, 0.29) is 18.1 Å². The molecule has 1 saturated heterocycles. The van der Waals surface area contributed by atoms with Crippen LogP contribution in [0.2, 0.25) is 0 Å². The van der Waals surface area contributed by atoms with E-state index in [1.54, 1.807) is 0 Å². The molecule has 2 fully saturated rings. The molecule has 1 heterocycles. The highest BCUT2D eigenvalue weighted by atomic mass is 16.2. The Morgan fingerprint density at radius 1 is 1.32 bits per heavy atom. The smallest absolute Gasteiger partial charge is 0.241 e. The van der Waals surface area contributed by atoms with Crippen LogP contribution in [-0.2, 0) is 4.79 Å². The van der Waals surface area contributed by atoms with Crippen molar-refractivity contribution in [2.75, 3.05) is 6.54 Å². The molecular formula is C16H22N2O. The van der Waals surface area contributed by atoms with Gasteiger partial charge in [-0.05, 0) is 50.7 Å². The van der Waals surface area contributed by atoms with E-state index in [0.29, 0.717) is 0 Å². The number of rotatable bonds is 3. The van der Waals surface area contributed by atoms with Crippen molar-refractivity contribution < 1.29 is 4.79 Å². The van der Waals surface area contributed by atoms with Crippen molar-refractivity contribution in [1.82, 2.24) is 10.2 Å². The predicted octanol–water partition coefficient (Wildman–Crippen LogP) is 2.53. The van der Waals surface area contributed by atoms with Crippen LogP contribution >= 0.6 is 0 Å². The summed E-state index contributed by atoms with van der Waals surface area (Å²) in [6, 6.07) is 6.42. The number of hydrogen-bond donors (Lipinski definition) is 1. The fraction of sp³-hybridized carbons (Fsp3) is 0.562. The zero-order valence-electron chi connectivity index (χ0n) is 11.9. The molecule has 2 atom stereocenters. The second kappa shape index (κ2) is 4.64. The molecule has 3 heteroatoms. The van der Waals surface area contributed by atoms with Gasteiger partial charge in [0.05, 0.1) is 6.04 Å². The van der Waals surface area contributed by atoms with Crippen LogP contribution in [-0.4, -0.2) is 23.4 Å². The number of aryl methyl sites for hydroxylation is 2. The van der Waals surface area contributed by atoms with Gasteiger partial charge in [0, 0.05) is 6.54 Å². The summed E-state index contributed by atoms with van der Waals surface area (Å²) in [6.07, 6.45) is 2.61. The van der Waals surface area contributed by atoms with E-state index in [1.165, 1.54) is 29.5 Å². The quantitative estimate of drug-likeness (QED) is 0.903. The molecule has 19 heavy (non-hydrogen) atoms. The third kappa shape index (κ3) is 2.39. The van der Waals surface area contributed by atoms with Crippen molar-refractivity contribution in [1.29, 1.82) is 0 Å². The third-order valence-corrected chi connectivity index (χ3v) is 4.24. The van der Waals surface area contributed by atoms with Crippen LogP contribution in [0.3, 0.4) is 0 Å². The fourth-order valence-electron chi connectivity index (χ4n) is 2.94. The molecule has 102 valence electrons. The lowest BCUT2D eigenvalue weighted by molar-refractivity contribution is -0.130. The summed E-state index contributed by atoms with van der Waals surface area (Å²) >= 11 is 0. The molecule has 0 aromatic heterocycles. The zero-order chi connectivity index (χ0) is 13.6. The van der Waals surface area contributed by atoms with Crippen LogP contribution in [0.4, 0.5) is 0 Å². The van der Waals surface area contributed by atoms with Crippen molar-refractivity contribution in [3.63, 3.8) is 0 Å². The lowest BCUT2D eigenvalue weighted by Crippen LogP contribution is -2.32. The van der Waals surface area contributed by atoms with Gasteiger partial charge >= 0.3 is 0 Å². The maximum Gasteiger partial charge on any atom is 0.241 e. The lowest BCUT2D eigenvalue weighted by Gasteiger charge is -2.26. The maximum absolute atomic E-state index is 12.3. The molecule has 1 aliphatic heterocycles. The predicted molar refractivity (Wildman–Crippen MR) is 75.7 cm³/mol. The largest absolute Gasteiger partial charge is 0.321 e. The molecule has 2 unspecified atom stereocenters. The number of hydrogen-bond acceptors (Lipinski definition) is 2. The molecule has 1 aromatic rings. The van der Waals surface area contributed by atoms with Crippen molar-refractivity contribution in [2.45, 2.75) is 45.8 Å². The van der Waals surface area contributed by atoms with Crippen LogP contribution in [0, 0.1) is 19.8 Å². The summed E-state index contributed by atoms with van der Waals surface area (Å²) in [5.74, 6) is 0.973. The highest BCUT2D eigenvalue weighted by Gasteiger charge is 2.40. The van der Waals surface area contributed by atoms with Crippen LogP contribution < -0.4 is 5.32 Å². The number of carbonyl (C=O) groups excluding carboxylic acids is 1. The van der Waals surface area contributed by atoms with Crippen LogP contribution in [0.1, 0.15) is 42.6 Å². The zero-order valence-corrected chi connectivity index (χ0v) is 11.9. The lowest BCUT2D eigenvalue weighted by atomic mass is 10.0. The summed E-state index contributed by atoms with van der Waals surface area (Å²) < 4.78 is 0. The molecule has 0 spiro atoms. The van der Waals surface area contributed by atoms with E-state index < -0.39 is 0 Å². The Labute approximate surface area is 115 Å². The standard InChI is InChI=1S/C16H22N2O/c1-10-4-7-14(11(2)8-10)15-17-12(3)16(19)18(15)9-13-5-6-13/h4,7-8,12-13,15,17H,5-6,9H2,1-3H3. The number of amides is 1. The number of carbonyl (C=O) groups is 1. The second-order valence-corrected chi connectivity index (χ2v) is 6.08. The summed E-state index contributed by atoms with van der Waals surface area (Å²) in [5.41, 5.74) is 3.77. The van der Waals surface area contributed by atoms with Crippen molar-refractivity contribution in [3.05, 3.63) is 34.9 Å². The van der Waals surface area contributed by atoms with Gasteiger partial charge in [0.2, 0.25) is 5.91 Å². The average Bonchev–Trinajstić information content (AvgIpc) is 3.12. The molecule has 0 radical (unpaired) electrons. The highest BCUT2D eigenvalue weighted by molar-refractivity contribution is 5.84. The molecule has 1 aliphatic carbocycles. The molecule has 1 aromatic carbocycles. The Balaban J connectivity index is 1.90. The Morgan fingerprint density at radius 2 is 2.05 bits per heavy atom. The van der Waals surface area contributed by atoms with E-state index in [1.807, 2.05) is 11.8 Å². The van der Waals surface area contributed by atoms with Gasteiger partial charge in [-0.15, -0.1) is 0 Å². The minimum atomic E-state index is -0.0653. The van der Waals surface area contributed by atoms with E-state index in [4.69, 9.17) is 0 Å². The first-order valence-corrected chi connectivity index (χ1v) is 7.20. The molecule has 1 saturated carbocycles. The molecule has 0 bridgehead atoms. The van der Waals surface area contributed by atoms with Crippen molar-refractivity contribution in [3.8, 4) is 0 Å². The van der Waals surface area contributed by atoms with E-state index in [9.17, 15) is 4.79 Å². The third-order valence-electron chi connectivity index (χ3n) is 4.24. The van der Waals surface area contributed by atoms with Gasteiger partial charge in [-0.25, -0.2) is 0 Å². The normalized spacial score (nSPS) is 27.1. The van der Waals surface area contributed by atoms with Gasteiger partial charge in [0.25, 0.3) is 0 Å². The summed E-state index contributed by atoms with van der Waals surface area (Å²) in [5, 5.41) is 3.44. The van der Waals surface area contributed by atoms with E-state index >= 15 is 0 Å². The summed E-state index contributed by atoms with van der Waals surface area (Å²) in [6.45, 7) is 7.11. The minimum absolute atomic E-state index is 0.0590. The van der Waals surface area contributed by atoms with Gasteiger partial charge in [0.15, 0.2) is 0 Å². The highest BCUT2D eigenvalue weighted by Crippen LogP contribution is 2.35. The van der Waals surface area contributed by atoms with Crippen molar-refractivity contribution >= 4 is 5.91 Å². The van der Waals surface area contributed by atoms with Gasteiger partial charge in [-0.1, -0.05) is 23.8 Å². The maximum atomic E-state index is 12.3. The van der Waals surface area contributed by atoms with E-state index in [2.05, 4.69) is 37.4 Å².